The van der Waals surface area contributed by atoms with E-state index in [9.17, 15) is 14.4 Å². The average Bonchev–Trinajstić information content (AvgIpc) is 3.27. The number of ketones is 3. The third-order valence-corrected chi connectivity index (χ3v) is 7.86. The molecule has 1 saturated heterocycles. The Bertz CT molecular complexity index is 1390. The highest BCUT2D eigenvalue weighted by Crippen LogP contribution is 2.60. The van der Waals surface area contributed by atoms with Gasteiger partial charge < -0.3 is 4.90 Å². The standard InChI is InChI=1S/C29H22ClNO3/c1-16-7-8-18-11-14-24-29(27(33)21-5-3-4-6-22(21)28(29)34)25(19-9-12-20(30)13-10-19)26(17(2)32)31(24)23(18)15-16/h3-15,24-26H,1-2H3. The molecule has 3 aliphatic rings. The molecule has 3 aromatic carbocycles. The summed E-state index contributed by atoms with van der Waals surface area (Å²) in [5.41, 5.74) is 3.07. The summed E-state index contributed by atoms with van der Waals surface area (Å²) in [6, 6.07) is 19.0. The summed E-state index contributed by atoms with van der Waals surface area (Å²) in [6.07, 6.45) is 3.91. The van der Waals surface area contributed by atoms with Gasteiger partial charge in [-0.3, -0.25) is 14.4 Å². The van der Waals surface area contributed by atoms with Gasteiger partial charge in [0.1, 0.15) is 5.41 Å². The zero-order valence-corrected chi connectivity index (χ0v) is 19.5. The lowest BCUT2D eigenvalue weighted by Crippen LogP contribution is -2.48. The highest BCUT2D eigenvalue weighted by atomic mass is 35.5. The van der Waals surface area contributed by atoms with Crippen LogP contribution in [0.5, 0.6) is 0 Å². The predicted molar refractivity (Wildman–Crippen MR) is 133 cm³/mol. The molecule has 2 aliphatic heterocycles. The molecule has 0 bridgehead atoms. The van der Waals surface area contributed by atoms with Crippen LogP contribution >= 0.6 is 11.6 Å². The zero-order chi connectivity index (χ0) is 23.8. The van der Waals surface area contributed by atoms with Gasteiger partial charge in [0.05, 0.1) is 12.1 Å². The van der Waals surface area contributed by atoms with Gasteiger partial charge in [-0.05, 0) is 48.7 Å². The van der Waals surface area contributed by atoms with Crippen molar-refractivity contribution in [2.45, 2.75) is 31.8 Å². The molecule has 6 rings (SSSR count). The van der Waals surface area contributed by atoms with Crippen LogP contribution in [0.4, 0.5) is 5.69 Å². The van der Waals surface area contributed by atoms with Crippen molar-refractivity contribution in [3.63, 3.8) is 0 Å². The minimum Gasteiger partial charge on any atom is -0.352 e. The summed E-state index contributed by atoms with van der Waals surface area (Å²) in [5, 5.41) is 0.557. The molecule has 0 aromatic heterocycles. The van der Waals surface area contributed by atoms with Crippen LogP contribution in [0.3, 0.4) is 0 Å². The number of fused-ring (bicyclic) bond motifs is 5. The van der Waals surface area contributed by atoms with Crippen LogP contribution in [0.1, 0.15) is 50.2 Å². The third-order valence-electron chi connectivity index (χ3n) is 7.61. The van der Waals surface area contributed by atoms with Crippen molar-refractivity contribution < 1.29 is 14.4 Å². The number of benzene rings is 3. The lowest BCUT2D eigenvalue weighted by atomic mass is 9.64. The first-order chi connectivity index (χ1) is 16.4. The van der Waals surface area contributed by atoms with Crippen molar-refractivity contribution in [1.29, 1.82) is 0 Å². The van der Waals surface area contributed by atoms with Gasteiger partial charge in [0.25, 0.3) is 0 Å². The van der Waals surface area contributed by atoms with Crippen LogP contribution in [-0.2, 0) is 4.79 Å². The maximum absolute atomic E-state index is 14.3. The summed E-state index contributed by atoms with van der Waals surface area (Å²) in [7, 11) is 0. The number of rotatable bonds is 2. The van der Waals surface area contributed by atoms with Gasteiger partial charge in [0.15, 0.2) is 17.3 Å². The van der Waals surface area contributed by atoms with Crippen LogP contribution in [0, 0.1) is 12.3 Å². The van der Waals surface area contributed by atoms with Crippen LogP contribution in [0.15, 0.2) is 72.8 Å². The number of anilines is 1. The van der Waals surface area contributed by atoms with Crippen molar-refractivity contribution in [2.24, 2.45) is 5.41 Å². The van der Waals surface area contributed by atoms with E-state index in [-0.39, 0.29) is 17.3 Å². The molecular formula is C29H22ClNO3. The Morgan fingerprint density at radius 2 is 1.59 bits per heavy atom. The highest BCUT2D eigenvalue weighted by molar-refractivity contribution is 6.32. The van der Waals surface area contributed by atoms with Crippen molar-refractivity contribution >= 4 is 40.7 Å². The Morgan fingerprint density at radius 3 is 2.21 bits per heavy atom. The largest absolute Gasteiger partial charge is 0.352 e. The second kappa shape index (κ2) is 7.25. The SMILES string of the molecule is CC(=O)C1C(c2ccc(Cl)cc2)C2(C(=O)c3ccccc3C2=O)C2C=Cc3ccc(C)cc3N12. The lowest BCUT2D eigenvalue weighted by molar-refractivity contribution is -0.118. The van der Waals surface area contributed by atoms with Gasteiger partial charge in [0, 0.05) is 27.8 Å². The van der Waals surface area contributed by atoms with Gasteiger partial charge in [-0.1, -0.05) is 72.3 Å². The van der Waals surface area contributed by atoms with Gasteiger partial charge >= 0.3 is 0 Å². The van der Waals surface area contributed by atoms with E-state index in [1.165, 1.54) is 0 Å². The zero-order valence-electron chi connectivity index (χ0n) is 18.8. The monoisotopic (exact) mass is 467 g/mol. The van der Waals surface area contributed by atoms with Gasteiger partial charge in [-0.25, -0.2) is 0 Å². The van der Waals surface area contributed by atoms with E-state index in [4.69, 9.17) is 11.6 Å². The van der Waals surface area contributed by atoms with E-state index in [0.717, 1.165) is 22.4 Å². The second-order valence-electron chi connectivity index (χ2n) is 9.43. The van der Waals surface area contributed by atoms with Crippen molar-refractivity contribution in [3.05, 3.63) is 106 Å². The summed E-state index contributed by atoms with van der Waals surface area (Å²) in [5.74, 6) is -1.17. The van der Waals surface area contributed by atoms with E-state index in [0.29, 0.717) is 16.1 Å². The van der Waals surface area contributed by atoms with E-state index in [1.807, 2.05) is 54.3 Å². The first-order valence-corrected chi connectivity index (χ1v) is 11.7. The number of hydrogen-bond acceptors (Lipinski definition) is 4. The Morgan fingerprint density at radius 1 is 0.941 bits per heavy atom. The molecule has 1 fully saturated rings. The molecule has 3 unspecified atom stereocenters. The fourth-order valence-electron chi connectivity index (χ4n) is 6.27. The maximum Gasteiger partial charge on any atom is 0.180 e. The fourth-order valence-corrected chi connectivity index (χ4v) is 6.39. The van der Waals surface area contributed by atoms with Crippen molar-refractivity contribution in [3.8, 4) is 0 Å². The molecule has 1 aliphatic carbocycles. The predicted octanol–water partition coefficient (Wildman–Crippen LogP) is 5.67. The topological polar surface area (TPSA) is 54.5 Å². The highest BCUT2D eigenvalue weighted by Gasteiger charge is 2.71. The summed E-state index contributed by atoms with van der Waals surface area (Å²) >= 11 is 6.18. The quantitative estimate of drug-likeness (QED) is 0.455. The molecule has 0 N–H and O–H groups in total. The summed E-state index contributed by atoms with van der Waals surface area (Å²) in [6.45, 7) is 3.55. The van der Waals surface area contributed by atoms with Crippen molar-refractivity contribution in [1.82, 2.24) is 0 Å². The number of nitrogens with zero attached hydrogens (tertiary/aromatic N) is 1. The maximum atomic E-state index is 14.3. The molecule has 0 radical (unpaired) electrons. The second-order valence-corrected chi connectivity index (χ2v) is 9.87. The molecule has 0 saturated carbocycles. The number of hydrogen-bond donors (Lipinski definition) is 0. The Hall–Kier alpha value is -3.50. The molecule has 34 heavy (non-hydrogen) atoms. The number of carbonyl (C=O) groups is 3. The van der Waals surface area contributed by atoms with Crippen molar-refractivity contribution in [2.75, 3.05) is 4.90 Å². The number of carbonyl (C=O) groups excluding carboxylic acids is 3. The van der Waals surface area contributed by atoms with Gasteiger partial charge in [-0.2, -0.15) is 0 Å². The molecule has 3 aromatic rings. The molecule has 1 spiro atoms. The van der Waals surface area contributed by atoms with Crippen LogP contribution in [0.2, 0.25) is 5.02 Å². The molecule has 168 valence electrons. The summed E-state index contributed by atoms with van der Waals surface area (Å²) < 4.78 is 0. The van der Waals surface area contributed by atoms with Crippen LogP contribution in [0.25, 0.3) is 6.08 Å². The number of Topliss-reactive ketones (excluding diaryl/α,β-unsaturated/α-hetero) is 3. The smallest absolute Gasteiger partial charge is 0.180 e. The first-order valence-electron chi connectivity index (χ1n) is 11.4. The third kappa shape index (κ3) is 2.57. The van der Waals surface area contributed by atoms with Crippen LogP contribution in [-0.4, -0.2) is 29.4 Å². The van der Waals surface area contributed by atoms with E-state index in [1.54, 1.807) is 43.3 Å². The molecule has 4 nitrogen and oxygen atoms in total. The number of aryl methyl sites for hydroxylation is 1. The minimum absolute atomic E-state index is 0.0823. The number of halogens is 1. The van der Waals surface area contributed by atoms with E-state index >= 15 is 0 Å². The van der Waals surface area contributed by atoms with E-state index in [2.05, 4.69) is 0 Å². The normalized spacial score (nSPS) is 23.7. The summed E-state index contributed by atoms with van der Waals surface area (Å²) in [4.78, 5) is 43.9. The first kappa shape index (κ1) is 21.1. The molecule has 3 atom stereocenters. The van der Waals surface area contributed by atoms with E-state index < -0.39 is 23.4 Å². The van der Waals surface area contributed by atoms with Gasteiger partial charge in [-0.15, -0.1) is 0 Å². The van der Waals surface area contributed by atoms with Gasteiger partial charge in [0.2, 0.25) is 0 Å². The Labute approximate surface area is 202 Å². The molecule has 5 heteroatoms. The fraction of sp³-hybridized carbons (Fsp3) is 0.207. The lowest BCUT2D eigenvalue weighted by Gasteiger charge is -2.37. The Kier molecular flexibility index (Phi) is 4.49. The molecular weight excluding hydrogens is 446 g/mol. The molecule has 0 amide bonds. The Balaban J connectivity index is 1.69. The molecule has 2 heterocycles. The average molecular weight is 468 g/mol. The van der Waals surface area contributed by atoms with Crippen LogP contribution < -0.4 is 4.90 Å². The minimum atomic E-state index is -1.44.